The number of halogens is 4. The van der Waals surface area contributed by atoms with Crippen LogP contribution in [-0.2, 0) is 11.0 Å². The van der Waals surface area contributed by atoms with Crippen LogP contribution in [0.2, 0.25) is 5.02 Å². The lowest BCUT2D eigenvalue weighted by Crippen LogP contribution is -2.47. The lowest BCUT2D eigenvalue weighted by molar-refractivity contribution is -0.137. The topological polar surface area (TPSA) is 62.6 Å². The first-order chi connectivity index (χ1) is 18.7. The van der Waals surface area contributed by atoms with E-state index in [1.165, 1.54) is 17.8 Å². The fraction of sp³-hybridized carbons (Fsp3) is 0.517. The van der Waals surface area contributed by atoms with Crippen molar-refractivity contribution in [3.8, 4) is 6.07 Å². The molecule has 0 spiro atoms. The van der Waals surface area contributed by atoms with E-state index in [9.17, 15) is 18.0 Å². The van der Waals surface area contributed by atoms with E-state index >= 15 is 0 Å². The number of carbonyl (C=O) groups is 1. The number of likely N-dealkylation sites (tertiary alicyclic amines) is 1. The van der Waals surface area contributed by atoms with Gasteiger partial charge in [-0.2, -0.15) is 18.4 Å². The average Bonchev–Trinajstić information content (AvgIpc) is 2.95. The van der Waals surface area contributed by atoms with E-state index in [-0.39, 0.29) is 17.5 Å². The van der Waals surface area contributed by atoms with Crippen LogP contribution < -0.4 is 10.2 Å². The second-order valence-corrected chi connectivity index (χ2v) is 10.0. The standard InChI is InChI=1S/C27H31ClF3N5O.C2H6/c28-21-4-7-24(8-5-21)35-16-14-34(15-17-35)11-1-2-26(37)36-12-9-22(10-13-36)33-23-6-3-20(19-32)25(18-23)27(29,30)31;1-2/h3-8,18,22,33H,1-2,9-17H2;1-2H3. The van der Waals surface area contributed by atoms with Gasteiger partial charge in [0.05, 0.1) is 17.2 Å². The van der Waals surface area contributed by atoms with Gasteiger partial charge in [0.25, 0.3) is 0 Å². The Hall–Kier alpha value is -2.96. The number of nitrogens with zero attached hydrogens (tertiary/aromatic N) is 4. The van der Waals surface area contributed by atoms with Crippen molar-refractivity contribution in [3.63, 3.8) is 0 Å². The number of carbonyl (C=O) groups excluding carboxylic acids is 1. The maximum Gasteiger partial charge on any atom is 0.417 e. The number of alkyl halides is 3. The molecule has 0 bridgehead atoms. The Bertz CT molecular complexity index is 1100. The minimum absolute atomic E-state index is 0.0185. The van der Waals surface area contributed by atoms with Crippen molar-refractivity contribution in [1.29, 1.82) is 5.26 Å². The van der Waals surface area contributed by atoms with Crippen LogP contribution in [-0.4, -0.2) is 67.6 Å². The lowest BCUT2D eigenvalue weighted by Gasteiger charge is -2.36. The van der Waals surface area contributed by atoms with Crippen molar-refractivity contribution in [1.82, 2.24) is 9.80 Å². The first kappa shape index (κ1) is 30.6. The Morgan fingerprint density at radius 3 is 2.26 bits per heavy atom. The van der Waals surface area contributed by atoms with Gasteiger partial charge in [-0.15, -0.1) is 0 Å². The van der Waals surface area contributed by atoms with E-state index in [0.717, 1.165) is 50.2 Å². The summed E-state index contributed by atoms with van der Waals surface area (Å²) in [6.07, 6.45) is -1.94. The predicted molar refractivity (Wildman–Crippen MR) is 150 cm³/mol. The third-order valence-electron chi connectivity index (χ3n) is 7.09. The third-order valence-corrected chi connectivity index (χ3v) is 7.34. The second kappa shape index (κ2) is 14.4. The molecule has 2 saturated heterocycles. The third kappa shape index (κ3) is 8.77. The summed E-state index contributed by atoms with van der Waals surface area (Å²) in [5.41, 5.74) is 0.199. The molecule has 2 fully saturated rings. The van der Waals surface area contributed by atoms with E-state index in [0.29, 0.717) is 38.0 Å². The molecule has 4 rings (SSSR count). The number of piperidine rings is 1. The molecule has 10 heteroatoms. The molecule has 0 atom stereocenters. The number of nitrogens with one attached hydrogen (secondary N) is 1. The largest absolute Gasteiger partial charge is 0.417 e. The normalized spacial score (nSPS) is 16.7. The number of nitriles is 1. The van der Waals surface area contributed by atoms with Gasteiger partial charge in [-0.3, -0.25) is 9.69 Å². The van der Waals surface area contributed by atoms with Gasteiger partial charge in [-0.1, -0.05) is 25.4 Å². The maximum atomic E-state index is 13.2. The summed E-state index contributed by atoms with van der Waals surface area (Å²) in [6.45, 7) is 9.86. The lowest BCUT2D eigenvalue weighted by atomic mass is 10.0. The fourth-order valence-corrected chi connectivity index (χ4v) is 5.09. The molecule has 2 aliphatic rings. The Morgan fingerprint density at radius 2 is 1.67 bits per heavy atom. The molecule has 1 N–H and O–H groups in total. The zero-order valence-corrected chi connectivity index (χ0v) is 23.4. The highest BCUT2D eigenvalue weighted by Gasteiger charge is 2.34. The first-order valence-corrected chi connectivity index (χ1v) is 14.0. The smallest absolute Gasteiger partial charge is 0.382 e. The molecule has 2 aromatic carbocycles. The highest BCUT2D eigenvalue weighted by molar-refractivity contribution is 6.30. The summed E-state index contributed by atoms with van der Waals surface area (Å²) in [6, 6.07) is 13.2. The summed E-state index contributed by atoms with van der Waals surface area (Å²) in [7, 11) is 0. The Balaban J connectivity index is 0.00000205. The molecule has 0 radical (unpaired) electrons. The van der Waals surface area contributed by atoms with Gasteiger partial charge in [-0.25, -0.2) is 0 Å². The van der Waals surface area contributed by atoms with E-state index in [1.54, 1.807) is 6.07 Å². The van der Waals surface area contributed by atoms with E-state index in [4.69, 9.17) is 16.9 Å². The van der Waals surface area contributed by atoms with Gasteiger partial charge in [0, 0.05) is 68.1 Å². The van der Waals surface area contributed by atoms with Crippen molar-refractivity contribution < 1.29 is 18.0 Å². The van der Waals surface area contributed by atoms with Crippen molar-refractivity contribution in [2.24, 2.45) is 0 Å². The van der Waals surface area contributed by atoms with Crippen LogP contribution in [0, 0.1) is 11.3 Å². The van der Waals surface area contributed by atoms with Crippen molar-refractivity contribution in [2.75, 3.05) is 56.0 Å². The first-order valence-electron chi connectivity index (χ1n) is 13.6. The van der Waals surface area contributed by atoms with Gasteiger partial charge < -0.3 is 15.1 Å². The Morgan fingerprint density at radius 1 is 1.03 bits per heavy atom. The molecule has 0 saturated carbocycles. The van der Waals surface area contributed by atoms with Gasteiger partial charge in [0.1, 0.15) is 0 Å². The quantitative estimate of drug-likeness (QED) is 0.431. The SMILES string of the molecule is CC.N#Cc1ccc(NC2CCN(C(=O)CCCN3CCN(c4ccc(Cl)cc4)CC3)CC2)cc1C(F)(F)F. The number of piperazine rings is 1. The summed E-state index contributed by atoms with van der Waals surface area (Å²) in [5, 5.41) is 12.8. The maximum absolute atomic E-state index is 13.2. The molecule has 1 amide bonds. The molecule has 0 aliphatic carbocycles. The molecular weight excluding hydrogens is 527 g/mol. The van der Waals surface area contributed by atoms with E-state index in [2.05, 4.69) is 15.1 Å². The van der Waals surface area contributed by atoms with Crippen LogP contribution in [0.4, 0.5) is 24.5 Å². The molecule has 2 aliphatic heterocycles. The van der Waals surface area contributed by atoms with Gasteiger partial charge >= 0.3 is 6.18 Å². The Labute approximate surface area is 234 Å². The van der Waals surface area contributed by atoms with Crippen LogP contribution in [0.15, 0.2) is 42.5 Å². The molecule has 0 aromatic heterocycles. The summed E-state index contributed by atoms with van der Waals surface area (Å²) < 4.78 is 39.7. The molecule has 212 valence electrons. The molecule has 39 heavy (non-hydrogen) atoms. The van der Waals surface area contributed by atoms with E-state index in [1.807, 2.05) is 43.0 Å². The Kier molecular flexibility index (Phi) is 11.3. The zero-order chi connectivity index (χ0) is 28.4. The monoisotopic (exact) mass is 563 g/mol. The molecule has 2 heterocycles. The van der Waals surface area contributed by atoms with Crippen LogP contribution in [0.5, 0.6) is 0 Å². The van der Waals surface area contributed by atoms with Gasteiger partial charge in [-0.05, 0) is 68.3 Å². The van der Waals surface area contributed by atoms with Crippen LogP contribution >= 0.6 is 11.6 Å². The number of hydrogen-bond acceptors (Lipinski definition) is 5. The van der Waals surface area contributed by atoms with Crippen LogP contribution in [0.25, 0.3) is 0 Å². The summed E-state index contributed by atoms with van der Waals surface area (Å²) >= 11 is 5.98. The van der Waals surface area contributed by atoms with Crippen LogP contribution in [0.3, 0.4) is 0 Å². The average molecular weight is 564 g/mol. The molecular formula is C29H37ClF3N5O. The minimum atomic E-state index is -4.58. The van der Waals surface area contributed by atoms with Gasteiger partial charge in [0.15, 0.2) is 0 Å². The minimum Gasteiger partial charge on any atom is -0.382 e. The predicted octanol–water partition coefficient (Wildman–Crippen LogP) is 6.26. The second-order valence-electron chi connectivity index (χ2n) is 9.58. The van der Waals surface area contributed by atoms with Gasteiger partial charge in [0.2, 0.25) is 5.91 Å². The number of hydrogen-bond donors (Lipinski definition) is 1. The fourth-order valence-electron chi connectivity index (χ4n) is 4.97. The molecule has 0 unspecified atom stereocenters. The van der Waals surface area contributed by atoms with Crippen molar-refractivity contribution in [3.05, 3.63) is 58.6 Å². The molecule has 2 aromatic rings. The number of anilines is 2. The molecule has 6 nitrogen and oxygen atoms in total. The van der Waals surface area contributed by atoms with Crippen molar-refractivity contribution in [2.45, 2.75) is 51.7 Å². The zero-order valence-electron chi connectivity index (χ0n) is 22.6. The summed E-state index contributed by atoms with van der Waals surface area (Å²) in [4.78, 5) is 19.3. The van der Waals surface area contributed by atoms with Crippen molar-refractivity contribution >= 4 is 28.9 Å². The van der Waals surface area contributed by atoms with Crippen LogP contribution in [0.1, 0.15) is 50.7 Å². The highest BCUT2D eigenvalue weighted by atomic mass is 35.5. The summed E-state index contributed by atoms with van der Waals surface area (Å²) in [5.74, 6) is 0.135. The van der Waals surface area contributed by atoms with E-state index < -0.39 is 11.7 Å². The number of rotatable bonds is 7. The highest BCUT2D eigenvalue weighted by Crippen LogP contribution is 2.34. The number of amides is 1. The number of benzene rings is 2.